The van der Waals surface area contributed by atoms with Crippen LogP contribution in [0.3, 0.4) is 0 Å². The number of anilines is 1. The molecule has 1 aromatic carbocycles. The lowest BCUT2D eigenvalue weighted by atomic mass is 10.2. The Morgan fingerprint density at radius 3 is 2.71 bits per heavy atom. The molecule has 1 aromatic heterocycles. The van der Waals surface area contributed by atoms with Gasteiger partial charge in [0, 0.05) is 10.4 Å². The maximum Gasteiger partial charge on any atom is 0.257 e. The lowest BCUT2D eigenvalue weighted by Gasteiger charge is -2.09. The van der Waals surface area contributed by atoms with Crippen molar-refractivity contribution in [2.75, 3.05) is 5.32 Å². The summed E-state index contributed by atoms with van der Waals surface area (Å²) in [5.74, 6) is 0.647. The molecule has 1 heterocycles. The number of ether oxygens (including phenoxy) is 1. The Morgan fingerprint density at radius 2 is 2.05 bits per heavy atom. The van der Waals surface area contributed by atoms with E-state index in [1.54, 1.807) is 23.5 Å². The minimum Gasteiger partial charge on any atom is -0.491 e. The zero-order valence-electron chi connectivity index (χ0n) is 12.2. The van der Waals surface area contributed by atoms with Gasteiger partial charge in [-0.05, 0) is 57.4 Å². The number of fused-ring (bicyclic) bond motifs is 1. The van der Waals surface area contributed by atoms with E-state index in [0.29, 0.717) is 10.7 Å². The second-order valence-corrected chi connectivity index (χ2v) is 6.47. The average Bonchev–Trinajstić information content (AvgIpc) is 2.99. The van der Waals surface area contributed by atoms with Gasteiger partial charge in [0.15, 0.2) is 5.13 Å². The number of carbonyl (C=O) groups excluding carboxylic acids is 1. The van der Waals surface area contributed by atoms with Crippen molar-refractivity contribution in [3.05, 3.63) is 40.4 Å². The average molecular weight is 302 g/mol. The van der Waals surface area contributed by atoms with Crippen LogP contribution in [0.4, 0.5) is 5.13 Å². The number of amides is 1. The van der Waals surface area contributed by atoms with E-state index in [1.807, 2.05) is 26.0 Å². The highest BCUT2D eigenvalue weighted by atomic mass is 32.1. The fourth-order valence-corrected chi connectivity index (χ4v) is 3.42. The molecule has 4 nitrogen and oxygen atoms in total. The molecule has 1 aliphatic rings. The number of aryl methyl sites for hydroxylation is 2. The first-order valence-electron chi connectivity index (χ1n) is 7.18. The van der Waals surface area contributed by atoms with Crippen LogP contribution in [0.25, 0.3) is 0 Å². The molecule has 0 spiro atoms. The van der Waals surface area contributed by atoms with Gasteiger partial charge in [-0.1, -0.05) is 0 Å². The van der Waals surface area contributed by atoms with Gasteiger partial charge in [-0.25, -0.2) is 4.98 Å². The lowest BCUT2D eigenvalue weighted by molar-refractivity contribution is 0.102. The largest absolute Gasteiger partial charge is 0.491 e. The summed E-state index contributed by atoms with van der Waals surface area (Å²) in [5.41, 5.74) is 1.76. The van der Waals surface area contributed by atoms with E-state index in [0.717, 1.165) is 24.3 Å². The number of hydrogen-bond acceptors (Lipinski definition) is 4. The Morgan fingerprint density at radius 1 is 1.29 bits per heavy atom. The number of hydrogen-bond donors (Lipinski definition) is 1. The van der Waals surface area contributed by atoms with Gasteiger partial charge < -0.3 is 4.74 Å². The van der Waals surface area contributed by atoms with Crippen LogP contribution in [0.15, 0.2) is 24.3 Å². The second kappa shape index (κ2) is 5.85. The van der Waals surface area contributed by atoms with Gasteiger partial charge in [-0.15, -0.1) is 11.3 Å². The maximum absolute atomic E-state index is 12.2. The van der Waals surface area contributed by atoms with Gasteiger partial charge in [0.25, 0.3) is 5.91 Å². The standard InChI is InChI=1S/C16H18N2O2S/c1-10(2)20-12-8-6-11(7-9-12)15(19)18-16-17-13-4-3-5-14(13)21-16/h6-10H,3-5H2,1-2H3,(H,17,18,19). The van der Waals surface area contributed by atoms with E-state index >= 15 is 0 Å². The van der Waals surface area contributed by atoms with Gasteiger partial charge >= 0.3 is 0 Å². The number of nitrogens with zero attached hydrogens (tertiary/aromatic N) is 1. The molecule has 1 amide bonds. The normalized spacial score (nSPS) is 13.3. The van der Waals surface area contributed by atoms with Gasteiger partial charge in [0.05, 0.1) is 11.8 Å². The Hall–Kier alpha value is -1.88. The maximum atomic E-state index is 12.2. The van der Waals surface area contributed by atoms with Crippen LogP contribution >= 0.6 is 11.3 Å². The lowest BCUT2D eigenvalue weighted by Crippen LogP contribution is -2.12. The molecule has 0 fully saturated rings. The smallest absolute Gasteiger partial charge is 0.257 e. The highest BCUT2D eigenvalue weighted by Gasteiger charge is 2.18. The highest BCUT2D eigenvalue weighted by molar-refractivity contribution is 7.15. The van der Waals surface area contributed by atoms with Gasteiger partial charge in [0.1, 0.15) is 5.75 Å². The van der Waals surface area contributed by atoms with Crippen molar-refractivity contribution < 1.29 is 9.53 Å². The molecule has 0 radical (unpaired) electrons. The zero-order valence-corrected chi connectivity index (χ0v) is 13.0. The molecular formula is C16H18N2O2S. The Labute approximate surface area is 128 Å². The summed E-state index contributed by atoms with van der Waals surface area (Å²) in [6.07, 6.45) is 3.43. The fourth-order valence-electron chi connectivity index (χ4n) is 2.37. The van der Waals surface area contributed by atoms with E-state index < -0.39 is 0 Å². The summed E-state index contributed by atoms with van der Waals surface area (Å²) in [4.78, 5) is 18.0. The number of nitrogens with one attached hydrogen (secondary N) is 1. The van der Waals surface area contributed by atoms with Crippen molar-refractivity contribution >= 4 is 22.4 Å². The van der Waals surface area contributed by atoms with Crippen LogP contribution in [0.2, 0.25) is 0 Å². The summed E-state index contributed by atoms with van der Waals surface area (Å²) in [6, 6.07) is 7.18. The van der Waals surface area contributed by atoms with Gasteiger partial charge in [0.2, 0.25) is 0 Å². The minimum absolute atomic E-state index is 0.126. The van der Waals surface area contributed by atoms with Crippen LogP contribution in [0.1, 0.15) is 41.2 Å². The molecular weight excluding hydrogens is 284 g/mol. The van der Waals surface area contributed by atoms with Crippen molar-refractivity contribution in [1.29, 1.82) is 0 Å². The molecule has 5 heteroatoms. The quantitative estimate of drug-likeness (QED) is 0.937. The Bertz CT molecular complexity index is 625. The summed E-state index contributed by atoms with van der Waals surface area (Å²) >= 11 is 1.59. The molecule has 2 aromatic rings. The molecule has 1 aliphatic carbocycles. The summed E-state index contributed by atoms with van der Waals surface area (Å²) < 4.78 is 5.57. The molecule has 0 aliphatic heterocycles. The third-order valence-corrected chi connectivity index (χ3v) is 4.38. The molecule has 0 unspecified atom stereocenters. The summed E-state index contributed by atoms with van der Waals surface area (Å²) in [7, 11) is 0. The highest BCUT2D eigenvalue weighted by Crippen LogP contribution is 2.30. The monoisotopic (exact) mass is 302 g/mol. The number of benzene rings is 1. The first-order chi connectivity index (χ1) is 10.1. The molecule has 0 atom stereocenters. The predicted octanol–water partition coefficient (Wildman–Crippen LogP) is 3.67. The molecule has 0 bridgehead atoms. The fraction of sp³-hybridized carbons (Fsp3) is 0.375. The number of carbonyl (C=O) groups is 1. The van der Waals surface area contributed by atoms with Crippen LogP contribution < -0.4 is 10.1 Å². The third kappa shape index (κ3) is 3.24. The summed E-state index contributed by atoms with van der Waals surface area (Å²) in [6.45, 7) is 3.95. The molecule has 0 saturated heterocycles. The third-order valence-electron chi connectivity index (χ3n) is 3.30. The Kier molecular flexibility index (Phi) is 3.92. The predicted molar refractivity (Wildman–Crippen MR) is 84.3 cm³/mol. The van der Waals surface area contributed by atoms with E-state index in [-0.39, 0.29) is 12.0 Å². The Balaban J connectivity index is 1.67. The van der Waals surface area contributed by atoms with Crippen LogP contribution in [-0.4, -0.2) is 17.0 Å². The van der Waals surface area contributed by atoms with Crippen molar-refractivity contribution in [1.82, 2.24) is 4.98 Å². The molecule has 110 valence electrons. The van der Waals surface area contributed by atoms with E-state index in [9.17, 15) is 4.79 Å². The van der Waals surface area contributed by atoms with Crippen molar-refractivity contribution in [3.63, 3.8) is 0 Å². The molecule has 1 N–H and O–H groups in total. The van der Waals surface area contributed by atoms with Crippen LogP contribution in [0.5, 0.6) is 5.75 Å². The van der Waals surface area contributed by atoms with Crippen molar-refractivity contribution in [2.24, 2.45) is 0 Å². The molecule has 0 saturated carbocycles. The van der Waals surface area contributed by atoms with Crippen LogP contribution in [-0.2, 0) is 12.8 Å². The number of aromatic nitrogens is 1. The van der Waals surface area contributed by atoms with E-state index in [2.05, 4.69) is 10.3 Å². The minimum atomic E-state index is -0.126. The molecule has 21 heavy (non-hydrogen) atoms. The second-order valence-electron chi connectivity index (χ2n) is 5.39. The van der Waals surface area contributed by atoms with Crippen molar-refractivity contribution in [2.45, 2.75) is 39.2 Å². The first kappa shape index (κ1) is 14.1. The van der Waals surface area contributed by atoms with E-state index in [1.165, 1.54) is 11.3 Å². The number of rotatable bonds is 4. The zero-order chi connectivity index (χ0) is 14.8. The number of thiazole rings is 1. The van der Waals surface area contributed by atoms with Crippen molar-refractivity contribution in [3.8, 4) is 5.75 Å². The van der Waals surface area contributed by atoms with E-state index in [4.69, 9.17) is 4.74 Å². The topological polar surface area (TPSA) is 51.2 Å². The van der Waals surface area contributed by atoms with Crippen LogP contribution in [0, 0.1) is 0 Å². The SMILES string of the molecule is CC(C)Oc1ccc(C(=O)Nc2nc3c(s2)CCC3)cc1. The first-order valence-corrected chi connectivity index (χ1v) is 8.00. The summed E-state index contributed by atoms with van der Waals surface area (Å²) in [5, 5.41) is 3.58. The van der Waals surface area contributed by atoms with Gasteiger partial charge in [-0.2, -0.15) is 0 Å². The van der Waals surface area contributed by atoms with Gasteiger partial charge in [-0.3, -0.25) is 10.1 Å². The molecule has 3 rings (SSSR count).